The first kappa shape index (κ1) is 22.0. The molecule has 0 fully saturated rings. The predicted molar refractivity (Wildman–Crippen MR) is 109 cm³/mol. The molecule has 0 aromatic carbocycles. The van der Waals surface area contributed by atoms with Gasteiger partial charge >= 0.3 is 6.18 Å². The number of ether oxygens (including phenoxy) is 1. The minimum absolute atomic E-state index is 0.0147. The molecule has 170 valence electrons. The van der Waals surface area contributed by atoms with Gasteiger partial charge in [0, 0.05) is 42.7 Å². The molecule has 4 heterocycles. The van der Waals surface area contributed by atoms with Crippen molar-refractivity contribution in [2.24, 2.45) is 0 Å². The van der Waals surface area contributed by atoms with Gasteiger partial charge in [0.05, 0.1) is 25.1 Å². The van der Waals surface area contributed by atoms with E-state index < -0.39 is 23.2 Å². The van der Waals surface area contributed by atoms with Crippen LogP contribution in [0.25, 0.3) is 11.0 Å². The lowest BCUT2D eigenvalue weighted by Crippen LogP contribution is -2.32. The summed E-state index contributed by atoms with van der Waals surface area (Å²) in [5.41, 5.74) is 0.305. The summed E-state index contributed by atoms with van der Waals surface area (Å²) in [7, 11) is 0. The second-order valence-corrected chi connectivity index (χ2v) is 7.53. The Kier molecular flexibility index (Phi) is 5.76. The number of amides is 1. The fourth-order valence-corrected chi connectivity index (χ4v) is 3.85. The van der Waals surface area contributed by atoms with Crippen LogP contribution in [0.1, 0.15) is 39.9 Å². The van der Waals surface area contributed by atoms with Gasteiger partial charge in [-0.3, -0.25) is 14.3 Å². The summed E-state index contributed by atoms with van der Waals surface area (Å²) in [6.07, 6.45) is -2.81. The van der Waals surface area contributed by atoms with Gasteiger partial charge in [-0.05, 0) is 26.0 Å². The van der Waals surface area contributed by atoms with Crippen molar-refractivity contribution < 1.29 is 22.7 Å². The van der Waals surface area contributed by atoms with Crippen LogP contribution in [-0.2, 0) is 37.0 Å². The van der Waals surface area contributed by atoms with E-state index in [-0.39, 0.29) is 30.8 Å². The molecule has 32 heavy (non-hydrogen) atoms. The normalized spacial score (nSPS) is 13.9. The van der Waals surface area contributed by atoms with Crippen LogP contribution in [-0.4, -0.2) is 38.4 Å². The third-order valence-corrected chi connectivity index (χ3v) is 5.42. The van der Waals surface area contributed by atoms with Crippen LogP contribution in [0.2, 0.25) is 0 Å². The van der Waals surface area contributed by atoms with Gasteiger partial charge in [0.1, 0.15) is 11.2 Å². The average Bonchev–Trinajstić information content (AvgIpc) is 3.13. The zero-order valence-electron chi connectivity index (χ0n) is 17.6. The van der Waals surface area contributed by atoms with Gasteiger partial charge < -0.3 is 14.6 Å². The highest BCUT2D eigenvalue weighted by atomic mass is 19.4. The average molecular weight is 449 g/mol. The fourth-order valence-electron chi connectivity index (χ4n) is 3.85. The van der Waals surface area contributed by atoms with Crippen molar-refractivity contribution >= 4 is 16.9 Å². The van der Waals surface area contributed by atoms with Crippen molar-refractivity contribution in [3.8, 4) is 0 Å². The van der Waals surface area contributed by atoms with Gasteiger partial charge in [0.15, 0.2) is 5.69 Å². The number of alkyl halides is 3. The Bertz CT molecular complexity index is 1250. The molecule has 0 bridgehead atoms. The smallest absolute Gasteiger partial charge is 0.376 e. The van der Waals surface area contributed by atoms with Crippen LogP contribution >= 0.6 is 0 Å². The first-order valence-corrected chi connectivity index (χ1v) is 10.2. The number of nitrogens with zero attached hydrogens (tertiary/aromatic N) is 4. The Morgan fingerprint density at radius 2 is 2.09 bits per heavy atom. The minimum Gasteiger partial charge on any atom is -0.376 e. The third-order valence-electron chi connectivity index (χ3n) is 5.42. The van der Waals surface area contributed by atoms with Crippen LogP contribution in [0.15, 0.2) is 23.1 Å². The molecule has 3 aromatic heterocycles. The highest BCUT2D eigenvalue weighted by Gasteiger charge is 2.39. The molecule has 0 atom stereocenters. The minimum atomic E-state index is -4.58. The SMILES string of the molecule is CCn1cc(C(=O)NCCn2nc(C(F)(F)F)c3c2CCOC3)c(=O)c2ccc(C)nc21. The Balaban J connectivity index is 1.55. The maximum absolute atomic E-state index is 13.3. The molecular formula is C21H22F3N5O3. The highest BCUT2D eigenvalue weighted by Crippen LogP contribution is 2.34. The molecule has 0 radical (unpaired) electrons. The number of hydrogen-bond acceptors (Lipinski definition) is 5. The number of fused-ring (bicyclic) bond motifs is 2. The van der Waals surface area contributed by atoms with Gasteiger partial charge in [-0.1, -0.05) is 0 Å². The highest BCUT2D eigenvalue weighted by molar-refractivity contribution is 5.96. The van der Waals surface area contributed by atoms with E-state index in [1.807, 2.05) is 13.8 Å². The number of pyridine rings is 2. The Labute approximate surface area is 181 Å². The number of hydrogen-bond donors (Lipinski definition) is 1. The molecule has 0 aliphatic carbocycles. The van der Waals surface area contributed by atoms with Crippen molar-refractivity contribution in [3.63, 3.8) is 0 Å². The fraction of sp³-hybridized carbons (Fsp3) is 0.429. The van der Waals surface area contributed by atoms with Crippen molar-refractivity contribution in [1.82, 2.24) is 24.6 Å². The van der Waals surface area contributed by atoms with E-state index >= 15 is 0 Å². The van der Waals surface area contributed by atoms with Crippen LogP contribution < -0.4 is 10.7 Å². The molecule has 4 rings (SSSR count). The summed E-state index contributed by atoms with van der Waals surface area (Å²) in [4.78, 5) is 29.9. The van der Waals surface area contributed by atoms with E-state index in [0.29, 0.717) is 36.3 Å². The summed E-state index contributed by atoms with van der Waals surface area (Å²) >= 11 is 0. The van der Waals surface area contributed by atoms with Crippen LogP contribution in [0.5, 0.6) is 0 Å². The van der Waals surface area contributed by atoms with E-state index in [4.69, 9.17) is 4.74 Å². The summed E-state index contributed by atoms with van der Waals surface area (Å²) in [5, 5.41) is 6.67. The molecule has 11 heteroatoms. The summed E-state index contributed by atoms with van der Waals surface area (Å²) < 4.78 is 48.0. The molecule has 8 nitrogen and oxygen atoms in total. The lowest BCUT2D eigenvalue weighted by atomic mass is 10.1. The van der Waals surface area contributed by atoms with Gasteiger partial charge in [0.25, 0.3) is 5.91 Å². The molecule has 1 amide bonds. The van der Waals surface area contributed by atoms with E-state index in [1.54, 1.807) is 16.7 Å². The molecule has 1 aliphatic rings. The van der Waals surface area contributed by atoms with Gasteiger partial charge in [0.2, 0.25) is 5.43 Å². The maximum atomic E-state index is 13.3. The van der Waals surface area contributed by atoms with Gasteiger partial charge in [-0.2, -0.15) is 18.3 Å². The van der Waals surface area contributed by atoms with E-state index in [1.165, 1.54) is 10.9 Å². The van der Waals surface area contributed by atoms with E-state index in [2.05, 4.69) is 15.4 Å². The lowest BCUT2D eigenvalue weighted by Gasteiger charge is -2.16. The molecule has 0 saturated heterocycles. The van der Waals surface area contributed by atoms with Crippen molar-refractivity contribution in [1.29, 1.82) is 0 Å². The van der Waals surface area contributed by atoms with Crippen LogP contribution in [0.4, 0.5) is 13.2 Å². The number of nitrogens with one attached hydrogen (secondary N) is 1. The second-order valence-electron chi connectivity index (χ2n) is 7.53. The largest absolute Gasteiger partial charge is 0.435 e. The van der Waals surface area contributed by atoms with Crippen molar-refractivity contribution in [2.45, 2.75) is 46.1 Å². The first-order valence-electron chi connectivity index (χ1n) is 10.2. The van der Waals surface area contributed by atoms with Crippen molar-refractivity contribution in [3.05, 3.63) is 56.8 Å². The summed E-state index contributed by atoms with van der Waals surface area (Å²) in [6, 6.07) is 3.34. The first-order chi connectivity index (χ1) is 15.2. The monoisotopic (exact) mass is 449 g/mol. The van der Waals surface area contributed by atoms with Crippen LogP contribution in [0, 0.1) is 6.92 Å². The summed E-state index contributed by atoms with van der Waals surface area (Å²) in [6.45, 7) is 4.42. The van der Waals surface area contributed by atoms with Crippen molar-refractivity contribution in [2.75, 3.05) is 13.2 Å². The number of carbonyl (C=O) groups excluding carboxylic acids is 1. The zero-order chi connectivity index (χ0) is 23.0. The Hall–Kier alpha value is -3.21. The topological polar surface area (TPSA) is 91.0 Å². The van der Waals surface area contributed by atoms with Gasteiger partial charge in [-0.15, -0.1) is 0 Å². The van der Waals surface area contributed by atoms with Crippen LogP contribution in [0.3, 0.4) is 0 Å². The zero-order valence-corrected chi connectivity index (χ0v) is 17.6. The maximum Gasteiger partial charge on any atom is 0.435 e. The molecule has 0 saturated carbocycles. The third kappa shape index (κ3) is 3.99. The molecule has 3 aromatic rings. The Morgan fingerprint density at radius 1 is 1.31 bits per heavy atom. The number of aryl methyl sites for hydroxylation is 2. The quantitative estimate of drug-likeness (QED) is 0.646. The van der Waals surface area contributed by atoms with Gasteiger partial charge in [-0.25, -0.2) is 4.98 Å². The number of halogens is 3. The van der Waals surface area contributed by atoms with E-state index in [0.717, 1.165) is 5.69 Å². The molecule has 1 N–H and O–H groups in total. The number of aromatic nitrogens is 4. The Morgan fingerprint density at radius 3 is 2.81 bits per heavy atom. The number of carbonyl (C=O) groups is 1. The second kappa shape index (κ2) is 8.38. The predicted octanol–water partition coefficient (Wildman–Crippen LogP) is 2.44. The molecule has 0 spiro atoms. The molecule has 1 aliphatic heterocycles. The van der Waals surface area contributed by atoms with E-state index in [9.17, 15) is 22.8 Å². The molecular weight excluding hydrogens is 427 g/mol. The standard InChI is InChI=1S/C21H22F3N5O3/c1-3-28-10-14(17(30)13-5-4-12(2)26-19(13)28)20(31)25-7-8-29-16-6-9-32-11-15(16)18(27-29)21(22,23)24/h4-5,10H,3,6-9,11H2,1-2H3,(H,25,31). The summed E-state index contributed by atoms with van der Waals surface area (Å²) in [5.74, 6) is -0.597. The molecule has 0 unspecified atom stereocenters. The number of rotatable bonds is 5. The lowest BCUT2D eigenvalue weighted by molar-refractivity contribution is -0.142.